The Labute approximate surface area is 105 Å². The predicted molar refractivity (Wildman–Crippen MR) is 63.2 cm³/mol. The molecule has 2 N–H and O–H groups in total. The molecule has 1 amide bonds. The van der Waals surface area contributed by atoms with Gasteiger partial charge in [-0.2, -0.15) is 0 Å². The van der Waals surface area contributed by atoms with E-state index >= 15 is 0 Å². The van der Waals surface area contributed by atoms with Crippen molar-refractivity contribution in [2.45, 2.75) is 13.5 Å². The summed E-state index contributed by atoms with van der Waals surface area (Å²) in [6, 6.07) is 0. The molecule has 0 aliphatic rings. The second-order valence-electron chi connectivity index (χ2n) is 3.76. The van der Waals surface area contributed by atoms with Gasteiger partial charge in [0.2, 0.25) is 5.91 Å². The van der Waals surface area contributed by atoms with Gasteiger partial charge in [0.05, 0.1) is 19.3 Å². The van der Waals surface area contributed by atoms with Crippen LogP contribution in [0.2, 0.25) is 0 Å². The van der Waals surface area contributed by atoms with Crippen LogP contribution in [0.15, 0.2) is 6.20 Å². The molecule has 100 valence electrons. The fraction of sp³-hybridized carbons (Fsp3) is 0.600. The number of aromatic nitrogens is 3. The average molecular weight is 255 g/mol. The maximum absolute atomic E-state index is 11.4. The number of carbonyl (C=O) groups is 2. The first-order valence-electron chi connectivity index (χ1n) is 5.62. The first-order valence-corrected chi connectivity index (χ1v) is 5.62. The molecule has 0 aliphatic heterocycles. The Balaban J connectivity index is 2.25. The van der Waals surface area contributed by atoms with Crippen molar-refractivity contribution >= 4 is 11.9 Å². The molecule has 1 rings (SSSR count). The third-order valence-electron chi connectivity index (χ3n) is 2.45. The van der Waals surface area contributed by atoms with Crippen LogP contribution < -0.4 is 5.32 Å². The SMILES string of the molecule is CCN(C)C(=O)CNCCn1cc(C(=O)O)nn1. The maximum atomic E-state index is 11.4. The highest BCUT2D eigenvalue weighted by Crippen LogP contribution is 1.91. The second-order valence-corrected chi connectivity index (χ2v) is 3.76. The fourth-order valence-electron chi connectivity index (χ4n) is 1.21. The molecule has 0 radical (unpaired) electrons. The van der Waals surface area contributed by atoms with Crippen molar-refractivity contribution in [3.8, 4) is 0 Å². The maximum Gasteiger partial charge on any atom is 0.358 e. The molecular formula is C10H17N5O3. The Hall–Kier alpha value is -1.96. The van der Waals surface area contributed by atoms with Crippen LogP contribution in [0, 0.1) is 0 Å². The summed E-state index contributed by atoms with van der Waals surface area (Å²) >= 11 is 0. The van der Waals surface area contributed by atoms with Crippen molar-refractivity contribution in [1.29, 1.82) is 0 Å². The molecule has 0 spiro atoms. The average Bonchev–Trinajstić information content (AvgIpc) is 2.82. The Kier molecular flexibility index (Phi) is 5.25. The quantitative estimate of drug-likeness (QED) is 0.609. The number of hydrogen-bond donors (Lipinski definition) is 2. The lowest BCUT2D eigenvalue weighted by atomic mass is 10.4. The van der Waals surface area contributed by atoms with Gasteiger partial charge in [0, 0.05) is 20.1 Å². The molecule has 0 aromatic carbocycles. The van der Waals surface area contributed by atoms with Crippen LogP contribution in [-0.2, 0) is 11.3 Å². The van der Waals surface area contributed by atoms with E-state index in [1.165, 1.54) is 10.9 Å². The number of likely N-dealkylation sites (N-methyl/N-ethyl adjacent to an activating group) is 1. The van der Waals surface area contributed by atoms with Crippen molar-refractivity contribution in [1.82, 2.24) is 25.2 Å². The summed E-state index contributed by atoms with van der Waals surface area (Å²) in [5.41, 5.74) is -0.0863. The van der Waals surface area contributed by atoms with Gasteiger partial charge in [-0.05, 0) is 6.92 Å². The number of hydrogen-bond acceptors (Lipinski definition) is 5. The number of carboxylic acids is 1. The molecule has 8 heteroatoms. The lowest BCUT2D eigenvalue weighted by molar-refractivity contribution is -0.128. The number of nitrogens with zero attached hydrogens (tertiary/aromatic N) is 4. The van der Waals surface area contributed by atoms with E-state index in [0.717, 1.165) is 0 Å². The first-order chi connectivity index (χ1) is 8.54. The topological polar surface area (TPSA) is 100 Å². The van der Waals surface area contributed by atoms with E-state index in [1.54, 1.807) is 11.9 Å². The lowest BCUT2D eigenvalue weighted by Crippen LogP contribution is -2.36. The fourth-order valence-corrected chi connectivity index (χ4v) is 1.21. The molecule has 1 aromatic rings. The Morgan fingerprint density at radius 2 is 2.28 bits per heavy atom. The van der Waals surface area contributed by atoms with E-state index in [-0.39, 0.29) is 18.1 Å². The number of carboxylic acid groups (broad SMARTS) is 1. The van der Waals surface area contributed by atoms with E-state index in [2.05, 4.69) is 15.6 Å². The number of carbonyl (C=O) groups excluding carboxylic acids is 1. The molecule has 0 bridgehead atoms. The largest absolute Gasteiger partial charge is 0.476 e. The van der Waals surface area contributed by atoms with E-state index in [9.17, 15) is 9.59 Å². The zero-order valence-electron chi connectivity index (χ0n) is 10.5. The molecule has 0 saturated carbocycles. The summed E-state index contributed by atoms with van der Waals surface area (Å²) < 4.78 is 1.42. The lowest BCUT2D eigenvalue weighted by Gasteiger charge is -2.14. The van der Waals surface area contributed by atoms with Gasteiger partial charge in [-0.25, -0.2) is 4.79 Å². The summed E-state index contributed by atoms with van der Waals surface area (Å²) in [5, 5.41) is 18.7. The van der Waals surface area contributed by atoms with Gasteiger partial charge >= 0.3 is 5.97 Å². The van der Waals surface area contributed by atoms with Crippen molar-refractivity contribution in [2.75, 3.05) is 26.7 Å². The molecule has 0 atom stereocenters. The van der Waals surface area contributed by atoms with Crippen molar-refractivity contribution < 1.29 is 14.7 Å². The smallest absolute Gasteiger partial charge is 0.358 e. The first kappa shape index (κ1) is 14.1. The van der Waals surface area contributed by atoms with Crippen LogP contribution in [-0.4, -0.2) is 63.6 Å². The molecule has 0 saturated heterocycles. The van der Waals surface area contributed by atoms with Gasteiger partial charge in [-0.3, -0.25) is 9.48 Å². The summed E-state index contributed by atoms with van der Waals surface area (Å²) in [6.07, 6.45) is 1.35. The third-order valence-corrected chi connectivity index (χ3v) is 2.45. The van der Waals surface area contributed by atoms with Crippen LogP contribution >= 0.6 is 0 Å². The van der Waals surface area contributed by atoms with Gasteiger partial charge in [0.1, 0.15) is 0 Å². The van der Waals surface area contributed by atoms with Gasteiger partial charge in [-0.15, -0.1) is 5.10 Å². The van der Waals surface area contributed by atoms with Crippen molar-refractivity contribution in [3.05, 3.63) is 11.9 Å². The number of aromatic carboxylic acids is 1. The van der Waals surface area contributed by atoms with E-state index < -0.39 is 5.97 Å². The molecule has 8 nitrogen and oxygen atoms in total. The second kappa shape index (κ2) is 6.70. The highest BCUT2D eigenvalue weighted by molar-refractivity contribution is 5.84. The van der Waals surface area contributed by atoms with E-state index in [1.807, 2.05) is 6.92 Å². The van der Waals surface area contributed by atoms with Gasteiger partial charge < -0.3 is 15.3 Å². The molecule has 18 heavy (non-hydrogen) atoms. The van der Waals surface area contributed by atoms with Crippen LogP contribution in [0.25, 0.3) is 0 Å². The van der Waals surface area contributed by atoms with Crippen LogP contribution in [0.5, 0.6) is 0 Å². The van der Waals surface area contributed by atoms with Crippen molar-refractivity contribution in [2.24, 2.45) is 0 Å². The van der Waals surface area contributed by atoms with E-state index in [4.69, 9.17) is 5.11 Å². The highest BCUT2D eigenvalue weighted by atomic mass is 16.4. The van der Waals surface area contributed by atoms with Gasteiger partial charge in [0.25, 0.3) is 0 Å². The summed E-state index contributed by atoms with van der Waals surface area (Å²) in [7, 11) is 1.74. The predicted octanol–water partition coefficient (Wildman–Crippen LogP) is -0.956. The molecule has 0 fully saturated rings. The minimum Gasteiger partial charge on any atom is -0.476 e. The molecule has 1 heterocycles. The zero-order valence-corrected chi connectivity index (χ0v) is 10.5. The molecule has 0 unspecified atom stereocenters. The summed E-state index contributed by atoms with van der Waals surface area (Å²) in [5.74, 6) is -1.09. The molecular weight excluding hydrogens is 238 g/mol. The van der Waals surface area contributed by atoms with Gasteiger partial charge in [-0.1, -0.05) is 5.21 Å². The monoisotopic (exact) mass is 255 g/mol. The third kappa shape index (κ3) is 4.13. The minimum absolute atomic E-state index is 0.0160. The van der Waals surface area contributed by atoms with Crippen LogP contribution in [0.3, 0.4) is 0 Å². The Morgan fingerprint density at radius 1 is 1.56 bits per heavy atom. The molecule has 0 aliphatic carbocycles. The number of amides is 1. The van der Waals surface area contributed by atoms with Crippen LogP contribution in [0.4, 0.5) is 0 Å². The molecule has 1 aromatic heterocycles. The number of rotatable bonds is 7. The highest BCUT2D eigenvalue weighted by Gasteiger charge is 2.08. The summed E-state index contributed by atoms with van der Waals surface area (Å²) in [6.45, 7) is 3.81. The zero-order chi connectivity index (χ0) is 13.5. The standard InChI is InChI=1S/C10H17N5O3/c1-3-14(2)9(16)6-11-4-5-15-7-8(10(17)18)12-13-15/h7,11H,3-6H2,1-2H3,(H,17,18). The minimum atomic E-state index is -1.10. The van der Waals surface area contributed by atoms with Crippen LogP contribution in [0.1, 0.15) is 17.4 Å². The van der Waals surface area contributed by atoms with Gasteiger partial charge in [0.15, 0.2) is 5.69 Å². The van der Waals surface area contributed by atoms with Crippen molar-refractivity contribution in [3.63, 3.8) is 0 Å². The summed E-state index contributed by atoms with van der Waals surface area (Å²) in [4.78, 5) is 23.6. The Morgan fingerprint density at radius 3 is 2.83 bits per heavy atom. The Bertz CT molecular complexity index is 417. The normalized spacial score (nSPS) is 10.3. The number of nitrogens with one attached hydrogen (secondary N) is 1. The van der Waals surface area contributed by atoms with E-state index in [0.29, 0.717) is 19.6 Å².